The van der Waals surface area contributed by atoms with Gasteiger partial charge in [0.15, 0.2) is 0 Å². The standard InChI is InChI=1S/C7H13NO5/c1-13-7(10)4-6(5-9)2-3-8(11)12/h6,9H,2-5H2,1H3/t6-/m0/s1. The van der Waals surface area contributed by atoms with E-state index in [0.29, 0.717) is 0 Å². The number of carbonyl (C=O) groups excluding carboxylic acids is 1. The van der Waals surface area contributed by atoms with E-state index in [4.69, 9.17) is 5.11 Å². The minimum absolute atomic E-state index is 0.0286. The molecule has 13 heavy (non-hydrogen) atoms. The molecule has 0 saturated heterocycles. The third kappa shape index (κ3) is 6.03. The van der Waals surface area contributed by atoms with Crippen molar-refractivity contribution in [2.75, 3.05) is 20.3 Å². The zero-order valence-electron chi connectivity index (χ0n) is 7.43. The molecule has 0 radical (unpaired) electrons. The monoisotopic (exact) mass is 191 g/mol. The van der Waals surface area contributed by atoms with Crippen molar-refractivity contribution in [3.05, 3.63) is 10.1 Å². The van der Waals surface area contributed by atoms with Crippen molar-refractivity contribution in [3.8, 4) is 0 Å². The maximum absolute atomic E-state index is 10.7. The number of ether oxygens (including phenoxy) is 1. The van der Waals surface area contributed by atoms with E-state index in [1.54, 1.807) is 0 Å². The highest BCUT2D eigenvalue weighted by Gasteiger charge is 2.15. The van der Waals surface area contributed by atoms with Crippen LogP contribution < -0.4 is 0 Å². The lowest BCUT2D eigenvalue weighted by Crippen LogP contribution is -2.17. The van der Waals surface area contributed by atoms with Crippen LogP contribution in [0.5, 0.6) is 0 Å². The molecular formula is C7H13NO5. The van der Waals surface area contributed by atoms with Crippen LogP contribution in [0.2, 0.25) is 0 Å². The van der Waals surface area contributed by atoms with Crippen LogP contribution in [0.25, 0.3) is 0 Å². The van der Waals surface area contributed by atoms with Crippen LogP contribution in [0.3, 0.4) is 0 Å². The van der Waals surface area contributed by atoms with Gasteiger partial charge in [-0.05, 0) is 5.92 Å². The molecule has 0 spiro atoms. The van der Waals surface area contributed by atoms with E-state index in [1.807, 2.05) is 0 Å². The number of carbonyl (C=O) groups is 1. The summed E-state index contributed by atoms with van der Waals surface area (Å²) in [7, 11) is 1.24. The van der Waals surface area contributed by atoms with E-state index < -0.39 is 10.9 Å². The number of aliphatic hydroxyl groups is 1. The Morgan fingerprint density at radius 1 is 1.69 bits per heavy atom. The number of nitrogens with zero attached hydrogens (tertiary/aromatic N) is 1. The number of aliphatic hydroxyl groups excluding tert-OH is 1. The predicted molar refractivity (Wildman–Crippen MR) is 43.7 cm³/mol. The maximum atomic E-state index is 10.7. The first-order valence-corrected chi connectivity index (χ1v) is 3.89. The normalized spacial score (nSPS) is 12.2. The van der Waals surface area contributed by atoms with Crippen LogP contribution >= 0.6 is 0 Å². The summed E-state index contributed by atoms with van der Waals surface area (Å²) >= 11 is 0. The fraction of sp³-hybridized carbons (Fsp3) is 0.857. The number of methoxy groups -OCH3 is 1. The Morgan fingerprint density at radius 2 is 2.31 bits per heavy atom. The maximum Gasteiger partial charge on any atom is 0.305 e. The van der Waals surface area contributed by atoms with Crippen molar-refractivity contribution in [2.45, 2.75) is 12.8 Å². The Labute approximate surface area is 75.7 Å². The largest absolute Gasteiger partial charge is 0.469 e. The van der Waals surface area contributed by atoms with Gasteiger partial charge in [-0.1, -0.05) is 0 Å². The van der Waals surface area contributed by atoms with Gasteiger partial charge in [0.25, 0.3) is 0 Å². The summed E-state index contributed by atoms with van der Waals surface area (Å²) < 4.78 is 4.37. The Balaban J connectivity index is 3.75. The quantitative estimate of drug-likeness (QED) is 0.357. The summed E-state index contributed by atoms with van der Waals surface area (Å²) in [6.45, 7) is -0.467. The van der Waals surface area contributed by atoms with Crippen LogP contribution in [-0.2, 0) is 9.53 Å². The number of nitro groups is 1. The molecule has 0 aromatic carbocycles. The van der Waals surface area contributed by atoms with Crippen LogP contribution in [0.1, 0.15) is 12.8 Å². The van der Waals surface area contributed by atoms with Crippen LogP contribution in [0.15, 0.2) is 0 Å². The van der Waals surface area contributed by atoms with E-state index in [0.717, 1.165) is 0 Å². The van der Waals surface area contributed by atoms with Gasteiger partial charge in [0.1, 0.15) is 0 Å². The van der Waals surface area contributed by atoms with Crippen molar-refractivity contribution in [1.29, 1.82) is 0 Å². The average molecular weight is 191 g/mol. The number of esters is 1. The lowest BCUT2D eigenvalue weighted by Gasteiger charge is -2.09. The second-order valence-electron chi connectivity index (χ2n) is 2.67. The van der Waals surface area contributed by atoms with Gasteiger partial charge in [-0.2, -0.15) is 0 Å². The molecule has 0 aliphatic rings. The molecule has 0 amide bonds. The molecule has 0 aromatic heterocycles. The first kappa shape index (κ1) is 11.8. The number of hydrogen-bond donors (Lipinski definition) is 1. The second-order valence-corrected chi connectivity index (χ2v) is 2.67. The zero-order chi connectivity index (χ0) is 10.3. The fourth-order valence-electron chi connectivity index (χ4n) is 0.865. The third-order valence-corrected chi connectivity index (χ3v) is 1.66. The highest BCUT2D eigenvalue weighted by Crippen LogP contribution is 2.08. The summed E-state index contributed by atoms with van der Waals surface area (Å²) in [6, 6.07) is 0. The van der Waals surface area contributed by atoms with Crippen LogP contribution in [0, 0.1) is 16.0 Å². The zero-order valence-corrected chi connectivity index (χ0v) is 7.43. The van der Waals surface area contributed by atoms with E-state index in [2.05, 4.69) is 4.74 Å². The van der Waals surface area contributed by atoms with E-state index in [9.17, 15) is 14.9 Å². The molecule has 0 aromatic rings. The molecule has 0 heterocycles. The minimum atomic E-state index is -0.472. The lowest BCUT2D eigenvalue weighted by atomic mass is 10.0. The van der Waals surface area contributed by atoms with Crippen molar-refractivity contribution in [3.63, 3.8) is 0 Å². The van der Waals surface area contributed by atoms with Crippen LogP contribution in [-0.4, -0.2) is 36.3 Å². The molecule has 6 heteroatoms. The van der Waals surface area contributed by atoms with Crippen LogP contribution in [0.4, 0.5) is 0 Å². The van der Waals surface area contributed by atoms with Gasteiger partial charge in [-0.3, -0.25) is 14.9 Å². The molecular weight excluding hydrogens is 178 g/mol. The summed E-state index contributed by atoms with van der Waals surface area (Å²) in [5, 5.41) is 18.7. The average Bonchev–Trinajstić information content (AvgIpc) is 2.11. The minimum Gasteiger partial charge on any atom is -0.469 e. The first-order chi connectivity index (χ1) is 6.10. The van der Waals surface area contributed by atoms with Crippen molar-refractivity contribution < 1.29 is 19.6 Å². The Hall–Kier alpha value is -1.17. The molecule has 0 saturated carbocycles. The van der Waals surface area contributed by atoms with Gasteiger partial charge in [-0.25, -0.2) is 0 Å². The highest BCUT2D eigenvalue weighted by atomic mass is 16.6. The Morgan fingerprint density at radius 3 is 2.69 bits per heavy atom. The molecule has 1 N–H and O–H groups in total. The smallest absolute Gasteiger partial charge is 0.305 e. The summed E-state index contributed by atoms with van der Waals surface area (Å²) in [4.78, 5) is 20.2. The summed E-state index contributed by atoms with van der Waals surface area (Å²) in [5.41, 5.74) is 0. The molecule has 0 rings (SSSR count). The molecule has 0 bridgehead atoms. The molecule has 6 nitrogen and oxygen atoms in total. The number of rotatable bonds is 6. The van der Waals surface area contributed by atoms with Gasteiger partial charge in [0.2, 0.25) is 6.54 Å². The van der Waals surface area contributed by atoms with Gasteiger partial charge < -0.3 is 9.84 Å². The van der Waals surface area contributed by atoms with Crippen molar-refractivity contribution >= 4 is 5.97 Å². The molecule has 76 valence electrons. The topological polar surface area (TPSA) is 89.7 Å². The summed E-state index contributed by atoms with van der Waals surface area (Å²) in [6.07, 6.45) is 0.222. The SMILES string of the molecule is COC(=O)C[C@@H](CO)CC[N+](=O)[O-]. The van der Waals surface area contributed by atoms with Crippen molar-refractivity contribution in [1.82, 2.24) is 0 Å². The molecule has 1 atom stereocenters. The van der Waals surface area contributed by atoms with Gasteiger partial charge in [-0.15, -0.1) is 0 Å². The Kier molecular flexibility index (Phi) is 5.79. The van der Waals surface area contributed by atoms with E-state index >= 15 is 0 Å². The molecule has 0 aliphatic carbocycles. The van der Waals surface area contributed by atoms with E-state index in [1.165, 1.54) is 7.11 Å². The summed E-state index contributed by atoms with van der Waals surface area (Å²) in [5.74, 6) is -0.833. The molecule has 0 unspecified atom stereocenters. The van der Waals surface area contributed by atoms with Gasteiger partial charge in [0, 0.05) is 18.0 Å². The molecule has 0 aliphatic heterocycles. The second kappa shape index (κ2) is 6.36. The lowest BCUT2D eigenvalue weighted by molar-refractivity contribution is -0.481. The Bertz CT molecular complexity index is 182. The predicted octanol–water partition coefficient (Wildman–Crippen LogP) is -0.175. The highest BCUT2D eigenvalue weighted by molar-refractivity contribution is 5.69. The first-order valence-electron chi connectivity index (χ1n) is 3.89. The molecule has 0 fully saturated rings. The van der Waals surface area contributed by atoms with Gasteiger partial charge >= 0.3 is 5.97 Å². The number of hydrogen-bond acceptors (Lipinski definition) is 5. The van der Waals surface area contributed by atoms with Gasteiger partial charge in [0.05, 0.1) is 13.5 Å². The van der Waals surface area contributed by atoms with E-state index in [-0.39, 0.29) is 31.9 Å². The fourth-order valence-corrected chi connectivity index (χ4v) is 0.865. The third-order valence-electron chi connectivity index (χ3n) is 1.66. The van der Waals surface area contributed by atoms with Crippen molar-refractivity contribution in [2.24, 2.45) is 5.92 Å².